The Balaban J connectivity index is 0.000000661. The van der Waals surface area contributed by atoms with Crippen molar-refractivity contribution in [1.82, 2.24) is 4.90 Å². The highest BCUT2D eigenvalue weighted by atomic mass is 16.1. The zero-order chi connectivity index (χ0) is 17.2. The summed E-state index contributed by atoms with van der Waals surface area (Å²) in [5.41, 5.74) is 3.48. The van der Waals surface area contributed by atoms with E-state index >= 15 is 0 Å². The molecule has 1 aromatic rings. The van der Waals surface area contributed by atoms with E-state index in [0.29, 0.717) is 5.41 Å². The van der Waals surface area contributed by atoms with Gasteiger partial charge in [-0.3, -0.25) is 0 Å². The third-order valence-electron chi connectivity index (χ3n) is 4.37. The van der Waals surface area contributed by atoms with Gasteiger partial charge in [-0.25, -0.2) is 0 Å². The zero-order valence-electron chi connectivity index (χ0n) is 15.4. The molecule has 0 amide bonds. The molecule has 2 aliphatic heterocycles. The second-order valence-corrected chi connectivity index (χ2v) is 5.46. The predicted molar refractivity (Wildman–Crippen MR) is 97.9 cm³/mol. The highest BCUT2D eigenvalue weighted by molar-refractivity contribution is 5.62. The van der Waals surface area contributed by atoms with Gasteiger partial charge in [0.25, 0.3) is 0 Å². The SMILES string of the molecule is C=O.CC.CC.CN1CCC2(CC1)CN(C)c1ccccc12. The van der Waals surface area contributed by atoms with Gasteiger partial charge in [-0.05, 0) is 44.6 Å². The van der Waals surface area contributed by atoms with Crippen LogP contribution in [0.3, 0.4) is 0 Å². The van der Waals surface area contributed by atoms with Crippen LogP contribution in [0.25, 0.3) is 0 Å². The standard InChI is InChI=1S/C14H20N2.2C2H6.CH2O/c1-15-9-7-14(8-10-15)11-16(2)13-6-4-3-5-12(13)14;3*1-2/h3-6H,7-11H2,1-2H3;2*1-2H3;1H2. The lowest BCUT2D eigenvalue weighted by Crippen LogP contribution is -2.43. The van der Waals surface area contributed by atoms with Crippen LogP contribution in [0.2, 0.25) is 0 Å². The smallest absolute Gasteiger partial charge is 0.106 e. The molecule has 1 fully saturated rings. The van der Waals surface area contributed by atoms with Gasteiger partial charge in [0.2, 0.25) is 0 Å². The van der Waals surface area contributed by atoms with E-state index in [9.17, 15) is 0 Å². The summed E-state index contributed by atoms with van der Waals surface area (Å²) in [6, 6.07) is 8.95. The molecule has 3 nitrogen and oxygen atoms in total. The number of rotatable bonds is 0. The molecule has 0 N–H and O–H groups in total. The Morgan fingerprint density at radius 3 is 2.00 bits per heavy atom. The van der Waals surface area contributed by atoms with Crippen molar-refractivity contribution in [3.63, 3.8) is 0 Å². The third kappa shape index (κ3) is 4.33. The van der Waals surface area contributed by atoms with Gasteiger partial charge in [-0.2, -0.15) is 0 Å². The summed E-state index contributed by atoms with van der Waals surface area (Å²) in [6.45, 7) is 13.7. The van der Waals surface area contributed by atoms with E-state index in [2.05, 4.69) is 48.2 Å². The largest absolute Gasteiger partial charge is 0.373 e. The van der Waals surface area contributed by atoms with Crippen molar-refractivity contribution in [3.8, 4) is 0 Å². The summed E-state index contributed by atoms with van der Waals surface area (Å²) in [5, 5.41) is 0. The van der Waals surface area contributed by atoms with E-state index in [-0.39, 0.29) is 0 Å². The van der Waals surface area contributed by atoms with E-state index < -0.39 is 0 Å². The topological polar surface area (TPSA) is 23.6 Å². The van der Waals surface area contributed by atoms with E-state index in [1.807, 2.05) is 34.5 Å². The average molecular weight is 306 g/mol. The second kappa shape index (κ2) is 10.4. The number of carbonyl (C=O) groups excluding carboxylic acids is 1. The molecule has 0 saturated carbocycles. The summed E-state index contributed by atoms with van der Waals surface area (Å²) < 4.78 is 0. The molecule has 0 unspecified atom stereocenters. The Kier molecular flexibility index (Phi) is 9.75. The Labute approximate surface area is 137 Å². The lowest BCUT2D eigenvalue weighted by Gasteiger charge is -2.38. The number of piperidine rings is 1. The molecule has 1 aromatic carbocycles. The van der Waals surface area contributed by atoms with Crippen molar-refractivity contribution in [2.45, 2.75) is 46.0 Å². The fourth-order valence-electron chi connectivity index (χ4n) is 3.35. The first-order valence-corrected chi connectivity index (χ1v) is 8.49. The van der Waals surface area contributed by atoms with Crippen molar-refractivity contribution in [2.75, 3.05) is 38.6 Å². The van der Waals surface area contributed by atoms with Crippen LogP contribution in [0.4, 0.5) is 5.69 Å². The van der Waals surface area contributed by atoms with Crippen LogP contribution in [0.15, 0.2) is 24.3 Å². The maximum Gasteiger partial charge on any atom is 0.106 e. The Hall–Kier alpha value is -1.35. The highest BCUT2D eigenvalue weighted by Gasteiger charge is 2.42. The van der Waals surface area contributed by atoms with Gasteiger partial charge < -0.3 is 14.6 Å². The minimum Gasteiger partial charge on any atom is -0.373 e. The number of fused-ring (bicyclic) bond motifs is 2. The molecule has 22 heavy (non-hydrogen) atoms. The first kappa shape index (κ1) is 20.6. The highest BCUT2D eigenvalue weighted by Crippen LogP contribution is 2.45. The van der Waals surface area contributed by atoms with E-state index in [0.717, 1.165) is 0 Å². The monoisotopic (exact) mass is 306 g/mol. The molecule has 2 aliphatic rings. The lowest BCUT2D eigenvalue weighted by molar-refractivity contribution is -0.0979. The molecule has 3 heteroatoms. The number of hydrogen-bond donors (Lipinski definition) is 0. The normalized spacial score (nSPS) is 18.0. The number of likely N-dealkylation sites (tertiary alicyclic amines) is 1. The molecule has 126 valence electrons. The summed E-state index contributed by atoms with van der Waals surface area (Å²) in [6.07, 6.45) is 2.62. The Morgan fingerprint density at radius 2 is 1.45 bits per heavy atom. The molecule has 0 atom stereocenters. The van der Waals surface area contributed by atoms with Gasteiger partial charge in [-0.15, -0.1) is 0 Å². The van der Waals surface area contributed by atoms with E-state index in [1.54, 1.807) is 5.56 Å². The molecule has 2 heterocycles. The lowest BCUT2D eigenvalue weighted by atomic mass is 9.74. The molecule has 0 bridgehead atoms. The quantitative estimate of drug-likeness (QED) is 0.724. The van der Waals surface area contributed by atoms with Crippen molar-refractivity contribution < 1.29 is 4.79 Å². The molecular weight excluding hydrogens is 272 g/mol. The van der Waals surface area contributed by atoms with Crippen molar-refractivity contribution in [3.05, 3.63) is 29.8 Å². The van der Waals surface area contributed by atoms with Crippen LogP contribution in [-0.4, -0.2) is 45.4 Å². The van der Waals surface area contributed by atoms with E-state index in [1.165, 1.54) is 38.2 Å². The number of para-hydroxylation sites is 1. The number of nitrogens with zero attached hydrogens (tertiary/aromatic N) is 2. The first-order chi connectivity index (χ1) is 10.7. The molecule has 0 aromatic heterocycles. The van der Waals surface area contributed by atoms with Gasteiger partial charge in [0.15, 0.2) is 0 Å². The number of hydrogen-bond acceptors (Lipinski definition) is 3. The van der Waals surface area contributed by atoms with Crippen molar-refractivity contribution >= 4 is 12.5 Å². The van der Waals surface area contributed by atoms with Crippen LogP contribution >= 0.6 is 0 Å². The molecule has 0 aliphatic carbocycles. The molecule has 1 saturated heterocycles. The third-order valence-corrected chi connectivity index (χ3v) is 4.37. The van der Waals surface area contributed by atoms with E-state index in [4.69, 9.17) is 4.79 Å². The average Bonchev–Trinajstić information content (AvgIpc) is 2.89. The maximum absolute atomic E-state index is 8.00. The van der Waals surface area contributed by atoms with Crippen LogP contribution in [0, 0.1) is 0 Å². The maximum atomic E-state index is 8.00. The minimum atomic E-state index is 0.442. The first-order valence-electron chi connectivity index (χ1n) is 8.49. The van der Waals surface area contributed by atoms with Gasteiger partial charge in [0, 0.05) is 24.7 Å². The van der Waals surface area contributed by atoms with Crippen molar-refractivity contribution in [1.29, 1.82) is 0 Å². The minimum absolute atomic E-state index is 0.442. The van der Waals surface area contributed by atoms with Gasteiger partial charge in [0.1, 0.15) is 6.79 Å². The van der Waals surface area contributed by atoms with Crippen LogP contribution < -0.4 is 4.90 Å². The van der Waals surface area contributed by atoms with Gasteiger partial charge in [0.05, 0.1) is 0 Å². The van der Waals surface area contributed by atoms with Gasteiger partial charge >= 0.3 is 0 Å². The summed E-state index contributed by atoms with van der Waals surface area (Å²) in [5.74, 6) is 0. The Morgan fingerprint density at radius 1 is 0.955 bits per heavy atom. The number of benzene rings is 1. The van der Waals surface area contributed by atoms with Crippen LogP contribution in [-0.2, 0) is 10.2 Å². The summed E-state index contributed by atoms with van der Waals surface area (Å²) in [7, 11) is 4.46. The second-order valence-electron chi connectivity index (χ2n) is 5.46. The summed E-state index contributed by atoms with van der Waals surface area (Å²) in [4.78, 5) is 12.9. The number of anilines is 1. The predicted octanol–water partition coefficient (Wildman–Crippen LogP) is 3.97. The summed E-state index contributed by atoms with van der Waals surface area (Å²) >= 11 is 0. The zero-order valence-corrected chi connectivity index (χ0v) is 15.4. The van der Waals surface area contributed by atoms with Gasteiger partial charge in [-0.1, -0.05) is 45.9 Å². The molecular formula is C19H34N2O. The Bertz CT molecular complexity index is 412. The fraction of sp³-hybridized carbons (Fsp3) is 0.632. The van der Waals surface area contributed by atoms with Crippen LogP contribution in [0.5, 0.6) is 0 Å². The molecule has 0 radical (unpaired) electrons. The molecule has 3 rings (SSSR count). The number of likely N-dealkylation sites (N-methyl/N-ethyl adjacent to an activating group) is 1. The fourth-order valence-corrected chi connectivity index (χ4v) is 3.35. The molecule has 1 spiro atoms. The van der Waals surface area contributed by atoms with Crippen molar-refractivity contribution in [2.24, 2.45) is 0 Å². The van der Waals surface area contributed by atoms with Crippen LogP contribution in [0.1, 0.15) is 46.1 Å². The number of carbonyl (C=O) groups is 1.